The number of benzene rings is 1. The molecule has 1 N–H and O–H groups in total. The summed E-state index contributed by atoms with van der Waals surface area (Å²) < 4.78 is 0. The summed E-state index contributed by atoms with van der Waals surface area (Å²) in [5.74, 6) is -1.19. The van der Waals surface area contributed by atoms with E-state index in [0.29, 0.717) is 0 Å². The molecule has 0 saturated heterocycles. The molecule has 1 amide bonds. The van der Waals surface area contributed by atoms with Crippen LogP contribution in [0.4, 0.5) is 0 Å². The van der Waals surface area contributed by atoms with E-state index in [1.54, 1.807) is 6.07 Å². The number of rotatable bonds is 2. The van der Waals surface area contributed by atoms with Crippen molar-refractivity contribution in [2.24, 2.45) is 0 Å². The molecule has 0 atom stereocenters. The summed E-state index contributed by atoms with van der Waals surface area (Å²) in [6.07, 6.45) is 0. The summed E-state index contributed by atoms with van der Waals surface area (Å²) >= 11 is 0. The van der Waals surface area contributed by atoms with Crippen LogP contribution >= 0.6 is 0 Å². The van der Waals surface area contributed by atoms with Gasteiger partial charge in [-0.2, -0.15) is 0 Å². The molecular formula is C8H7NO4. The zero-order chi connectivity index (χ0) is 9.84. The molecule has 0 aromatic heterocycles. The number of hydrogen-bond donors (Lipinski definition) is 1. The molecule has 5 nitrogen and oxygen atoms in total. The van der Waals surface area contributed by atoms with Crippen LogP contribution < -0.4 is 0 Å². The van der Waals surface area contributed by atoms with Crippen molar-refractivity contribution in [2.45, 2.75) is 6.61 Å². The van der Waals surface area contributed by atoms with Crippen LogP contribution in [0.1, 0.15) is 15.9 Å². The Morgan fingerprint density at radius 2 is 2.08 bits per heavy atom. The van der Waals surface area contributed by atoms with Gasteiger partial charge in [0, 0.05) is 0 Å². The van der Waals surface area contributed by atoms with Gasteiger partial charge in [-0.3, -0.25) is 10.1 Å². The number of carbonyl (C=O) groups is 1. The quantitative estimate of drug-likeness (QED) is 0.535. The molecule has 0 aliphatic heterocycles. The largest absolute Gasteiger partial charge is 0.476 e. The van der Waals surface area contributed by atoms with Crippen molar-refractivity contribution < 1.29 is 14.8 Å². The van der Waals surface area contributed by atoms with E-state index in [4.69, 9.17) is 5.11 Å². The fourth-order valence-electron chi connectivity index (χ4n) is 0.965. The van der Waals surface area contributed by atoms with E-state index in [9.17, 15) is 14.9 Å². The molecule has 5 heteroatoms. The second-order valence-electron chi connectivity index (χ2n) is 2.38. The molecule has 0 spiro atoms. The molecule has 0 fully saturated rings. The first-order chi connectivity index (χ1) is 6.16. The summed E-state index contributed by atoms with van der Waals surface area (Å²) in [5, 5.41) is 18.9. The van der Waals surface area contributed by atoms with Crippen molar-refractivity contribution in [1.29, 1.82) is 0 Å². The smallest absolute Gasteiger partial charge is 0.392 e. The third-order valence-electron chi connectivity index (χ3n) is 1.58. The van der Waals surface area contributed by atoms with Gasteiger partial charge in [0.25, 0.3) is 0 Å². The Morgan fingerprint density at radius 1 is 1.46 bits per heavy atom. The molecule has 1 aromatic rings. The number of nitro groups is 1. The molecule has 13 heavy (non-hydrogen) atoms. The fourth-order valence-corrected chi connectivity index (χ4v) is 0.965. The van der Waals surface area contributed by atoms with Crippen molar-refractivity contribution in [3.8, 4) is 0 Å². The molecule has 0 radical (unpaired) electrons. The van der Waals surface area contributed by atoms with Crippen molar-refractivity contribution in [2.75, 3.05) is 0 Å². The van der Waals surface area contributed by atoms with Crippen LogP contribution in [0.2, 0.25) is 0 Å². The van der Waals surface area contributed by atoms with E-state index in [1.807, 2.05) is 0 Å². The van der Waals surface area contributed by atoms with Crippen LogP contribution in [0.5, 0.6) is 0 Å². The third kappa shape index (κ3) is 1.88. The number of hydrogen-bond acceptors (Lipinski definition) is 4. The molecule has 68 valence electrons. The van der Waals surface area contributed by atoms with Gasteiger partial charge in [0.15, 0.2) is 0 Å². The molecule has 0 saturated carbocycles. The zero-order valence-corrected chi connectivity index (χ0v) is 6.64. The second kappa shape index (κ2) is 3.77. The maximum absolute atomic E-state index is 10.9. The Labute approximate surface area is 73.8 Å². The summed E-state index contributed by atoms with van der Waals surface area (Å²) in [4.78, 5) is 20.1. The molecule has 1 rings (SSSR count). The highest BCUT2D eigenvalue weighted by molar-refractivity contribution is 5.89. The van der Waals surface area contributed by atoms with E-state index < -0.39 is 10.8 Å². The highest BCUT2D eigenvalue weighted by Gasteiger charge is 2.20. The Morgan fingerprint density at radius 3 is 2.62 bits per heavy atom. The standard InChI is InChI=1S/C8H7NO4/c10-5-6-3-1-2-4-7(6)8(11)9(12)13/h1-4,10H,5H2. The predicted octanol–water partition coefficient (Wildman–Crippen LogP) is 0.596. The van der Waals surface area contributed by atoms with Gasteiger partial charge in [0.05, 0.1) is 6.61 Å². The van der Waals surface area contributed by atoms with Gasteiger partial charge in [-0.15, -0.1) is 0 Å². The minimum absolute atomic E-state index is 0.0602. The molecule has 0 aliphatic rings. The Balaban J connectivity index is 3.13. The Bertz CT molecular complexity index is 348. The Hall–Kier alpha value is -1.75. The van der Waals surface area contributed by atoms with Gasteiger partial charge in [-0.1, -0.05) is 18.2 Å². The normalized spacial score (nSPS) is 9.62. The van der Waals surface area contributed by atoms with E-state index >= 15 is 0 Å². The molecule has 0 bridgehead atoms. The van der Waals surface area contributed by atoms with Crippen molar-refractivity contribution in [3.05, 3.63) is 45.5 Å². The fraction of sp³-hybridized carbons (Fsp3) is 0.125. The van der Waals surface area contributed by atoms with E-state index in [1.165, 1.54) is 18.2 Å². The molecule has 0 aliphatic carbocycles. The number of aliphatic hydroxyl groups is 1. The predicted molar refractivity (Wildman–Crippen MR) is 43.7 cm³/mol. The monoisotopic (exact) mass is 181 g/mol. The number of amides is 1. The van der Waals surface area contributed by atoms with Gasteiger partial charge in [0.1, 0.15) is 10.5 Å². The highest BCUT2D eigenvalue weighted by atomic mass is 16.6. The first-order valence-electron chi connectivity index (χ1n) is 3.54. The molecule has 1 aromatic carbocycles. The number of nitrogens with zero attached hydrogens (tertiary/aromatic N) is 1. The van der Waals surface area contributed by atoms with Gasteiger partial charge in [-0.05, 0) is 11.6 Å². The van der Waals surface area contributed by atoms with Gasteiger partial charge in [0.2, 0.25) is 0 Å². The zero-order valence-electron chi connectivity index (χ0n) is 6.64. The van der Waals surface area contributed by atoms with E-state index in [-0.39, 0.29) is 17.7 Å². The lowest BCUT2D eigenvalue weighted by atomic mass is 10.1. The van der Waals surface area contributed by atoms with Crippen LogP contribution in [-0.4, -0.2) is 15.9 Å². The van der Waals surface area contributed by atoms with Gasteiger partial charge in [-0.25, -0.2) is 4.79 Å². The lowest BCUT2D eigenvalue weighted by molar-refractivity contribution is -0.375. The van der Waals surface area contributed by atoms with E-state index in [2.05, 4.69) is 0 Å². The van der Waals surface area contributed by atoms with Gasteiger partial charge >= 0.3 is 5.91 Å². The maximum atomic E-state index is 10.9. The maximum Gasteiger partial charge on any atom is 0.476 e. The SMILES string of the molecule is O=C(c1ccccc1CO)[N+](=O)[O-]. The van der Waals surface area contributed by atoms with Crippen LogP contribution in [0, 0.1) is 10.1 Å². The summed E-state index contributed by atoms with van der Waals surface area (Å²) in [5.41, 5.74) is 0.208. The molecule has 0 unspecified atom stereocenters. The molecule has 0 heterocycles. The van der Waals surface area contributed by atoms with Crippen molar-refractivity contribution in [1.82, 2.24) is 0 Å². The highest BCUT2D eigenvalue weighted by Crippen LogP contribution is 2.09. The topological polar surface area (TPSA) is 80.4 Å². The van der Waals surface area contributed by atoms with Crippen LogP contribution in [0.25, 0.3) is 0 Å². The van der Waals surface area contributed by atoms with Crippen LogP contribution in [0.3, 0.4) is 0 Å². The molecular weight excluding hydrogens is 174 g/mol. The summed E-state index contributed by atoms with van der Waals surface area (Å²) in [6.45, 7) is -0.379. The number of carbonyl (C=O) groups excluding carboxylic acids is 1. The van der Waals surface area contributed by atoms with Gasteiger partial charge < -0.3 is 5.11 Å². The van der Waals surface area contributed by atoms with Crippen molar-refractivity contribution in [3.63, 3.8) is 0 Å². The second-order valence-corrected chi connectivity index (χ2v) is 2.38. The minimum Gasteiger partial charge on any atom is -0.392 e. The number of aliphatic hydroxyl groups excluding tert-OH is 1. The average molecular weight is 181 g/mol. The van der Waals surface area contributed by atoms with E-state index in [0.717, 1.165) is 0 Å². The first kappa shape index (κ1) is 9.34. The third-order valence-corrected chi connectivity index (χ3v) is 1.58. The average Bonchev–Trinajstić information content (AvgIpc) is 2.16. The summed E-state index contributed by atoms with van der Waals surface area (Å²) in [7, 11) is 0. The minimum atomic E-state index is -1.19. The first-order valence-corrected chi connectivity index (χ1v) is 3.54. The lowest BCUT2D eigenvalue weighted by Gasteiger charge is -1.98. The lowest BCUT2D eigenvalue weighted by Crippen LogP contribution is -2.13. The Kier molecular flexibility index (Phi) is 2.71. The van der Waals surface area contributed by atoms with Crippen LogP contribution in [0.15, 0.2) is 24.3 Å². The van der Waals surface area contributed by atoms with Crippen LogP contribution in [-0.2, 0) is 6.61 Å². The summed E-state index contributed by atoms with van der Waals surface area (Å²) in [6, 6.07) is 5.89. The van der Waals surface area contributed by atoms with Crippen molar-refractivity contribution >= 4 is 5.91 Å².